The third-order valence-electron chi connectivity index (χ3n) is 4.73. The van der Waals surface area contributed by atoms with Crippen molar-refractivity contribution in [3.05, 3.63) is 58.6 Å². The molecule has 0 radical (unpaired) electrons. The molecular formula is C21H25BrCl2N2. The summed E-state index contributed by atoms with van der Waals surface area (Å²) in [5.41, 5.74) is 2.29. The van der Waals surface area contributed by atoms with Crippen LogP contribution in [0.1, 0.15) is 44.6 Å². The minimum Gasteiger partial charge on any atom is -1.00 e. The zero-order chi connectivity index (χ0) is 17.8. The second-order valence-corrected chi connectivity index (χ2v) is 7.34. The van der Waals surface area contributed by atoms with Crippen molar-refractivity contribution in [2.45, 2.75) is 52.5 Å². The number of hydrogen-bond acceptors (Lipinski definition) is 0. The number of nitrogens with zero attached hydrogens (tertiary/aromatic N) is 2. The fourth-order valence-electron chi connectivity index (χ4n) is 3.34. The summed E-state index contributed by atoms with van der Waals surface area (Å²) in [4.78, 5) is 0. The lowest BCUT2D eigenvalue weighted by atomic mass is 10.0. The third-order valence-corrected chi connectivity index (χ3v) is 5.59. The van der Waals surface area contributed by atoms with Crippen molar-refractivity contribution in [2.75, 3.05) is 0 Å². The molecule has 0 N–H and O–H groups in total. The molecule has 0 amide bonds. The molecule has 0 atom stereocenters. The molecule has 0 aliphatic heterocycles. The van der Waals surface area contributed by atoms with Crippen LogP contribution >= 0.6 is 23.2 Å². The van der Waals surface area contributed by atoms with Gasteiger partial charge in [0.25, 0.3) is 16.6 Å². The van der Waals surface area contributed by atoms with Gasteiger partial charge in [-0.2, -0.15) is 4.57 Å². The fourth-order valence-corrected chi connectivity index (χ4v) is 3.80. The summed E-state index contributed by atoms with van der Waals surface area (Å²) in [5, 5.41) is 3.58. The topological polar surface area (TPSA) is 8.81 Å². The van der Waals surface area contributed by atoms with Gasteiger partial charge in [-0.05, 0) is 53.9 Å². The summed E-state index contributed by atoms with van der Waals surface area (Å²) in [6.07, 6.45) is 8.24. The van der Waals surface area contributed by atoms with E-state index in [0.717, 1.165) is 18.7 Å². The average Bonchev–Trinajstić information content (AvgIpc) is 2.90. The monoisotopic (exact) mass is 454 g/mol. The van der Waals surface area contributed by atoms with Crippen LogP contribution in [0, 0.1) is 6.92 Å². The zero-order valence-corrected chi connectivity index (χ0v) is 18.4. The SMILES string of the molecule is CCCCCCC[n+]1cn(-c2c(C)ccc3ccccc23)c(Cl)c1Cl.[Br-]. The third kappa shape index (κ3) is 4.44. The molecule has 26 heavy (non-hydrogen) atoms. The molecule has 0 fully saturated rings. The summed E-state index contributed by atoms with van der Waals surface area (Å²) in [6, 6.07) is 12.7. The van der Waals surface area contributed by atoms with Crippen LogP contribution in [0.2, 0.25) is 10.3 Å². The molecule has 0 aliphatic carbocycles. The quantitative estimate of drug-likeness (QED) is 0.380. The lowest BCUT2D eigenvalue weighted by molar-refractivity contribution is -0.694. The van der Waals surface area contributed by atoms with Gasteiger partial charge in [-0.1, -0.05) is 62.6 Å². The molecule has 140 valence electrons. The number of halogens is 3. The van der Waals surface area contributed by atoms with Crippen molar-refractivity contribution in [1.82, 2.24) is 4.57 Å². The number of benzene rings is 2. The highest BCUT2D eigenvalue weighted by Crippen LogP contribution is 2.30. The lowest BCUT2D eigenvalue weighted by Crippen LogP contribution is -3.00. The zero-order valence-electron chi connectivity index (χ0n) is 15.3. The molecule has 0 bridgehead atoms. The first-order valence-corrected chi connectivity index (χ1v) is 9.83. The van der Waals surface area contributed by atoms with E-state index in [4.69, 9.17) is 23.2 Å². The maximum absolute atomic E-state index is 6.59. The van der Waals surface area contributed by atoms with Crippen molar-refractivity contribution < 1.29 is 21.5 Å². The highest BCUT2D eigenvalue weighted by molar-refractivity contribution is 6.40. The van der Waals surface area contributed by atoms with E-state index < -0.39 is 0 Å². The minimum absolute atomic E-state index is 0. The Balaban J connectivity index is 0.00000243. The first-order chi connectivity index (χ1) is 12.1. The van der Waals surface area contributed by atoms with E-state index >= 15 is 0 Å². The number of unbranched alkanes of at least 4 members (excludes halogenated alkanes) is 4. The smallest absolute Gasteiger partial charge is 0.260 e. The number of imidazole rings is 1. The molecule has 1 heterocycles. The van der Waals surface area contributed by atoms with E-state index in [1.807, 2.05) is 10.9 Å². The molecule has 0 aliphatic rings. The van der Waals surface area contributed by atoms with Crippen LogP contribution in [0.5, 0.6) is 0 Å². The van der Waals surface area contributed by atoms with Gasteiger partial charge >= 0.3 is 0 Å². The van der Waals surface area contributed by atoms with Gasteiger partial charge in [-0.25, -0.2) is 4.57 Å². The summed E-state index contributed by atoms with van der Waals surface area (Å²) >= 11 is 13.1. The summed E-state index contributed by atoms with van der Waals surface area (Å²) in [5.74, 6) is 0. The Morgan fingerprint density at radius 3 is 2.46 bits per heavy atom. The van der Waals surface area contributed by atoms with E-state index in [1.165, 1.54) is 42.0 Å². The number of rotatable bonds is 7. The van der Waals surface area contributed by atoms with Crippen molar-refractivity contribution in [3.8, 4) is 5.69 Å². The molecule has 0 saturated carbocycles. The van der Waals surface area contributed by atoms with Crippen LogP contribution in [-0.2, 0) is 6.54 Å². The predicted octanol–water partition coefficient (Wildman–Crippen LogP) is 3.51. The Morgan fingerprint density at radius 2 is 1.69 bits per heavy atom. The summed E-state index contributed by atoms with van der Waals surface area (Å²) in [7, 11) is 0. The average molecular weight is 456 g/mol. The van der Waals surface area contributed by atoms with Gasteiger partial charge in [-0.3, -0.25) is 0 Å². The van der Waals surface area contributed by atoms with E-state index in [-0.39, 0.29) is 17.0 Å². The van der Waals surface area contributed by atoms with Gasteiger partial charge < -0.3 is 17.0 Å². The Morgan fingerprint density at radius 1 is 0.962 bits per heavy atom. The van der Waals surface area contributed by atoms with Crippen LogP contribution in [-0.4, -0.2) is 4.57 Å². The lowest BCUT2D eigenvalue weighted by Gasteiger charge is -2.07. The standard InChI is InChI=1S/C21H25Cl2N2.BrH/c1-3-4-5-6-9-14-24-15-25(21(23)20(24)22)19-16(2)12-13-17-10-7-8-11-18(17)19;/h7-8,10-13,15H,3-6,9,14H2,1-2H3;1H/q+1;/p-1. The molecule has 2 nitrogen and oxygen atoms in total. The number of fused-ring (bicyclic) bond motifs is 1. The molecule has 5 heteroatoms. The van der Waals surface area contributed by atoms with Gasteiger partial charge in [0, 0.05) is 5.39 Å². The highest BCUT2D eigenvalue weighted by Gasteiger charge is 2.24. The van der Waals surface area contributed by atoms with Gasteiger partial charge in [0.2, 0.25) is 0 Å². The highest BCUT2D eigenvalue weighted by atomic mass is 79.9. The van der Waals surface area contributed by atoms with Crippen LogP contribution in [0.25, 0.3) is 16.5 Å². The number of aryl methyl sites for hydroxylation is 2. The van der Waals surface area contributed by atoms with Crippen molar-refractivity contribution in [3.63, 3.8) is 0 Å². The van der Waals surface area contributed by atoms with Gasteiger partial charge in [0.05, 0.1) is 6.54 Å². The fraction of sp³-hybridized carbons (Fsp3) is 0.381. The minimum atomic E-state index is 0. The first-order valence-electron chi connectivity index (χ1n) is 9.08. The van der Waals surface area contributed by atoms with Crippen LogP contribution in [0.4, 0.5) is 0 Å². The Hall–Kier alpha value is -1.03. The molecule has 0 unspecified atom stereocenters. The Bertz CT molecular complexity index is 874. The van der Waals surface area contributed by atoms with Gasteiger partial charge in [0.1, 0.15) is 5.69 Å². The van der Waals surface area contributed by atoms with E-state index in [9.17, 15) is 0 Å². The molecule has 3 rings (SSSR count). The van der Waals surface area contributed by atoms with Gasteiger partial charge in [-0.15, -0.1) is 0 Å². The summed E-state index contributed by atoms with van der Waals surface area (Å²) in [6.45, 7) is 5.25. The van der Waals surface area contributed by atoms with Crippen molar-refractivity contribution >= 4 is 34.0 Å². The maximum Gasteiger partial charge on any atom is 0.260 e. The Labute approximate surface area is 176 Å². The van der Waals surface area contributed by atoms with Gasteiger partial charge in [0.15, 0.2) is 0 Å². The van der Waals surface area contributed by atoms with E-state index in [0.29, 0.717) is 10.3 Å². The van der Waals surface area contributed by atoms with Crippen LogP contribution in [0.15, 0.2) is 42.7 Å². The van der Waals surface area contributed by atoms with E-state index in [2.05, 4.69) is 54.8 Å². The summed E-state index contributed by atoms with van der Waals surface area (Å²) < 4.78 is 4.09. The van der Waals surface area contributed by atoms with Crippen molar-refractivity contribution in [2.24, 2.45) is 0 Å². The molecule has 3 aromatic rings. The van der Waals surface area contributed by atoms with Crippen LogP contribution < -0.4 is 21.5 Å². The first kappa shape index (κ1) is 21.3. The molecule has 2 aromatic carbocycles. The van der Waals surface area contributed by atoms with E-state index in [1.54, 1.807) is 0 Å². The second-order valence-electron chi connectivity index (χ2n) is 6.63. The second kappa shape index (κ2) is 9.77. The normalized spacial score (nSPS) is 10.9. The van der Waals surface area contributed by atoms with Crippen molar-refractivity contribution in [1.29, 1.82) is 0 Å². The molecular weight excluding hydrogens is 431 g/mol. The number of aromatic nitrogens is 2. The van der Waals surface area contributed by atoms with Crippen LogP contribution in [0.3, 0.4) is 0 Å². The molecule has 0 spiro atoms. The maximum atomic E-state index is 6.59. The number of hydrogen-bond donors (Lipinski definition) is 0. The molecule has 1 aromatic heterocycles. The molecule has 0 saturated heterocycles. The Kier molecular flexibility index (Phi) is 8.00. The largest absolute Gasteiger partial charge is 1.00 e. The predicted molar refractivity (Wildman–Crippen MR) is 107 cm³/mol.